The van der Waals surface area contributed by atoms with Crippen molar-refractivity contribution < 1.29 is 0 Å². The van der Waals surface area contributed by atoms with Gasteiger partial charge in [0, 0.05) is 5.02 Å². The van der Waals surface area contributed by atoms with Crippen LogP contribution in [0.1, 0.15) is 0 Å². The second-order valence-electron chi connectivity index (χ2n) is 3.23. The molecule has 0 radical (unpaired) electrons. The molecule has 0 saturated heterocycles. The van der Waals surface area contributed by atoms with Crippen molar-refractivity contribution in [2.45, 2.75) is 0 Å². The summed E-state index contributed by atoms with van der Waals surface area (Å²) in [5.41, 5.74) is 0.491. The van der Waals surface area contributed by atoms with Gasteiger partial charge in [0.2, 0.25) is 0 Å². The van der Waals surface area contributed by atoms with Crippen LogP contribution in [0.4, 0.5) is 0 Å². The third-order valence-corrected chi connectivity index (χ3v) is 2.77. The molecule has 16 heavy (non-hydrogen) atoms. The highest BCUT2D eigenvalue weighted by atomic mass is 35.5. The topological polar surface area (TPSA) is 63.0 Å². The molecule has 7 heteroatoms. The molecule has 0 saturated carbocycles. The molecule has 0 amide bonds. The zero-order valence-electron chi connectivity index (χ0n) is 7.74. The molecule has 0 aliphatic carbocycles. The van der Waals surface area contributed by atoms with Crippen LogP contribution in [0.15, 0.2) is 23.3 Å². The summed E-state index contributed by atoms with van der Waals surface area (Å²) in [5, 5.41) is 5.32. The van der Waals surface area contributed by atoms with E-state index in [4.69, 9.17) is 23.2 Å². The van der Waals surface area contributed by atoms with Crippen molar-refractivity contribution in [3.63, 3.8) is 0 Å². The molecule has 3 aromatic rings. The van der Waals surface area contributed by atoms with E-state index in [0.717, 1.165) is 4.52 Å². The van der Waals surface area contributed by atoms with Crippen LogP contribution in [0.5, 0.6) is 0 Å². The summed E-state index contributed by atoms with van der Waals surface area (Å²) in [6.07, 6.45) is 1.41. The lowest BCUT2D eigenvalue weighted by Gasteiger charge is -2.01. The normalized spacial score (nSPS) is 11.4. The summed E-state index contributed by atoms with van der Waals surface area (Å²) in [6, 6.07) is 3.18. The predicted molar refractivity (Wildman–Crippen MR) is 61.1 cm³/mol. The first kappa shape index (κ1) is 9.62. The second kappa shape index (κ2) is 3.20. The van der Waals surface area contributed by atoms with Gasteiger partial charge in [-0.05, 0) is 12.1 Å². The van der Waals surface area contributed by atoms with Gasteiger partial charge in [0.15, 0.2) is 0 Å². The van der Waals surface area contributed by atoms with Crippen molar-refractivity contribution in [3.8, 4) is 0 Å². The van der Waals surface area contributed by atoms with Crippen LogP contribution in [0, 0.1) is 0 Å². The summed E-state index contributed by atoms with van der Waals surface area (Å²) < 4.78 is 1.15. The fourth-order valence-electron chi connectivity index (χ4n) is 1.62. The summed E-state index contributed by atoms with van der Waals surface area (Å²) in [5.74, 6) is 0. The van der Waals surface area contributed by atoms with Gasteiger partial charge in [-0.15, -0.1) is 0 Å². The molecule has 1 N–H and O–H groups in total. The Kier molecular flexibility index (Phi) is 1.92. The molecule has 5 nitrogen and oxygen atoms in total. The monoisotopic (exact) mass is 254 g/mol. The quantitative estimate of drug-likeness (QED) is 0.667. The average Bonchev–Trinajstić information content (AvgIpc) is 2.65. The van der Waals surface area contributed by atoms with Gasteiger partial charge in [-0.25, -0.2) is 4.79 Å². The summed E-state index contributed by atoms with van der Waals surface area (Å²) in [7, 11) is 0. The van der Waals surface area contributed by atoms with E-state index >= 15 is 0 Å². The lowest BCUT2D eigenvalue weighted by Crippen LogP contribution is -2.17. The largest absolute Gasteiger partial charge is 0.370 e. The van der Waals surface area contributed by atoms with E-state index in [1.807, 2.05) is 0 Å². The van der Waals surface area contributed by atoms with Crippen molar-refractivity contribution in [1.82, 2.24) is 19.6 Å². The van der Waals surface area contributed by atoms with E-state index in [2.05, 4.69) is 15.1 Å². The zero-order chi connectivity index (χ0) is 11.3. The Bertz CT molecular complexity index is 761. The van der Waals surface area contributed by atoms with Crippen LogP contribution in [-0.4, -0.2) is 19.6 Å². The number of aromatic nitrogens is 4. The first-order chi connectivity index (χ1) is 7.66. The first-order valence-corrected chi connectivity index (χ1v) is 5.13. The van der Waals surface area contributed by atoms with Crippen LogP contribution in [0.25, 0.3) is 16.6 Å². The van der Waals surface area contributed by atoms with Crippen LogP contribution in [0.3, 0.4) is 0 Å². The summed E-state index contributed by atoms with van der Waals surface area (Å²) in [4.78, 5) is 18.3. The Hall–Kier alpha value is -1.59. The summed E-state index contributed by atoms with van der Waals surface area (Å²) in [6.45, 7) is 0. The lowest BCUT2D eigenvalue weighted by molar-refractivity contribution is 0.882. The van der Waals surface area contributed by atoms with Crippen LogP contribution in [-0.2, 0) is 0 Å². The van der Waals surface area contributed by atoms with Crippen molar-refractivity contribution in [2.24, 2.45) is 0 Å². The Balaban J connectivity index is 2.70. The molecule has 0 aliphatic rings. The van der Waals surface area contributed by atoms with Crippen LogP contribution >= 0.6 is 23.2 Å². The fraction of sp³-hybridized carbons (Fsp3) is 0. The van der Waals surface area contributed by atoms with Crippen LogP contribution < -0.4 is 5.69 Å². The molecule has 80 valence electrons. The number of aromatic amines is 1. The predicted octanol–water partition coefficient (Wildman–Crippen LogP) is 1.88. The Labute approximate surface area is 98.6 Å². The molecule has 2 heterocycles. The zero-order valence-corrected chi connectivity index (χ0v) is 9.25. The molecule has 0 bridgehead atoms. The fourth-order valence-corrected chi connectivity index (χ4v) is 2.19. The number of fused-ring (bicyclic) bond motifs is 3. The maximum absolute atomic E-state index is 11.6. The van der Waals surface area contributed by atoms with Crippen molar-refractivity contribution >= 4 is 39.8 Å². The number of hydrogen-bond acceptors (Lipinski definition) is 3. The molecule has 0 atom stereocenters. The van der Waals surface area contributed by atoms with Gasteiger partial charge in [-0.1, -0.05) is 23.2 Å². The number of hydrogen-bond donors (Lipinski definition) is 1. The maximum Gasteiger partial charge on any atom is 0.370 e. The van der Waals surface area contributed by atoms with Gasteiger partial charge in [0.25, 0.3) is 0 Å². The lowest BCUT2D eigenvalue weighted by atomic mass is 10.2. The van der Waals surface area contributed by atoms with Crippen molar-refractivity contribution in [3.05, 3.63) is 39.0 Å². The Morgan fingerprint density at radius 1 is 1.31 bits per heavy atom. The molecular formula is C9H4Cl2N4O. The van der Waals surface area contributed by atoms with E-state index in [1.54, 1.807) is 12.1 Å². The number of nitrogens with one attached hydrogen (secondary N) is 1. The van der Waals surface area contributed by atoms with Gasteiger partial charge in [0.05, 0.1) is 15.9 Å². The maximum atomic E-state index is 11.6. The van der Waals surface area contributed by atoms with Gasteiger partial charge < -0.3 is 4.98 Å². The van der Waals surface area contributed by atoms with E-state index < -0.39 is 5.69 Å². The minimum Gasteiger partial charge on any atom is -0.329 e. The van der Waals surface area contributed by atoms with E-state index in [9.17, 15) is 4.79 Å². The van der Waals surface area contributed by atoms with Crippen molar-refractivity contribution in [1.29, 1.82) is 0 Å². The van der Waals surface area contributed by atoms with Gasteiger partial charge in [0.1, 0.15) is 12.0 Å². The third-order valence-electron chi connectivity index (χ3n) is 2.25. The second-order valence-corrected chi connectivity index (χ2v) is 4.07. The highest BCUT2D eigenvalue weighted by molar-refractivity contribution is 6.39. The third kappa shape index (κ3) is 1.22. The minimum absolute atomic E-state index is 0.428. The smallest absolute Gasteiger partial charge is 0.329 e. The molecular weight excluding hydrogens is 251 g/mol. The molecule has 0 spiro atoms. The van der Waals surface area contributed by atoms with E-state index in [-0.39, 0.29) is 0 Å². The molecule has 0 aliphatic heterocycles. The van der Waals surface area contributed by atoms with Gasteiger partial charge in [-0.2, -0.15) is 14.6 Å². The van der Waals surface area contributed by atoms with Crippen molar-refractivity contribution in [2.75, 3.05) is 0 Å². The first-order valence-electron chi connectivity index (χ1n) is 4.38. The van der Waals surface area contributed by atoms with Gasteiger partial charge in [-0.3, -0.25) is 0 Å². The highest BCUT2D eigenvalue weighted by Crippen LogP contribution is 2.27. The molecule has 0 fully saturated rings. The number of halogens is 2. The number of H-pyrrole nitrogens is 1. The standard InChI is InChI=1S/C9H4Cl2N4O/c10-4-1-5(11)7-6(2-4)14-9(16)15-8(7)12-3-13-15/h1-3H,(H,12,13). The molecule has 0 unspecified atom stereocenters. The number of benzene rings is 1. The SMILES string of the molecule is O=c1nc2cc(Cl)cc(Cl)c2c2[nH]cnn12. The van der Waals surface area contributed by atoms with Crippen LogP contribution in [0.2, 0.25) is 10.0 Å². The molecule has 1 aromatic carbocycles. The minimum atomic E-state index is -0.470. The van der Waals surface area contributed by atoms with Gasteiger partial charge >= 0.3 is 5.69 Å². The van der Waals surface area contributed by atoms with E-state index in [0.29, 0.717) is 26.6 Å². The number of rotatable bonds is 0. The van der Waals surface area contributed by atoms with E-state index in [1.165, 1.54) is 6.33 Å². The average molecular weight is 255 g/mol. The summed E-state index contributed by atoms with van der Waals surface area (Å²) >= 11 is 11.9. The number of nitrogens with zero attached hydrogens (tertiary/aromatic N) is 3. The molecule has 2 aromatic heterocycles. The highest BCUT2D eigenvalue weighted by Gasteiger charge is 2.11. The Morgan fingerprint density at radius 2 is 2.12 bits per heavy atom. The molecule has 3 rings (SSSR count). The Morgan fingerprint density at radius 3 is 2.94 bits per heavy atom.